The van der Waals surface area contributed by atoms with Crippen molar-refractivity contribution in [2.45, 2.75) is 26.2 Å². The second-order valence-electron chi connectivity index (χ2n) is 4.29. The highest BCUT2D eigenvalue weighted by atomic mass is 16.1. The van der Waals surface area contributed by atoms with Crippen LogP contribution in [0.15, 0.2) is 17.2 Å². The minimum absolute atomic E-state index is 0.0719. The Hall–Kier alpha value is -1.32. The van der Waals surface area contributed by atoms with Gasteiger partial charge in [0.2, 0.25) is 0 Å². The van der Waals surface area contributed by atoms with Crippen molar-refractivity contribution in [3.63, 3.8) is 0 Å². The molecule has 1 aliphatic heterocycles. The zero-order valence-electron chi connectivity index (χ0n) is 9.07. The van der Waals surface area contributed by atoms with Gasteiger partial charge in [0.05, 0.1) is 6.33 Å². The number of nitrogens with one attached hydrogen (secondary N) is 1. The first-order valence-corrected chi connectivity index (χ1v) is 5.55. The summed E-state index contributed by atoms with van der Waals surface area (Å²) in [4.78, 5) is 20.1. The van der Waals surface area contributed by atoms with E-state index in [1.54, 1.807) is 6.07 Å². The minimum atomic E-state index is -0.0719. The van der Waals surface area contributed by atoms with Crippen LogP contribution in [0, 0.1) is 5.92 Å². The van der Waals surface area contributed by atoms with Crippen molar-refractivity contribution in [1.82, 2.24) is 9.97 Å². The molecule has 1 atom stereocenters. The van der Waals surface area contributed by atoms with Gasteiger partial charge in [-0.3, -0.25) is 4.79 Å². The molecule has 0 amide bonds. The highest BCUT2D eigenvalue weighted by Crippen LogP contribution is 2.19. The first kappa shape index (κ1) is 10.2. The molecule has 0 spiro atoms. The Morgan fingerprint density at radius 3 is 3.13 bits per heavy atom. The van der Waals surface area contributed by atoms with Crippen molar-refractivity contribution in [1.29, 1.82) is 0 Å². The average Bonchev–Trinajstić information content (AvgIpc) is 2.43. The van der Waals surface area contributed by atoms with E-state index >= 15 is 0 Å². The number of anilines is 1. The highest BCUT2D eigenvalue weighted by Gasteiger charge is 2.14. The third-order valence-electron chi connectivity index (χ3n) is 3.00. The molecule has 1 unspecified atom stereocenters. The summed E-state index contributed by atoms with van der Waals surface area (Å²) >= 11 is 0. The van der Waals surface area contributed by atoms with Crippen LogP contribution < -0.4 is 10.5 Å². The van der Waals surface area contributed by atoms with Crippen LogP contribution >= 0.6 is 0 Å². The predicted octanol–water partition coefficient (Wildman–Crippen LogP) is 1.40. The first-order chi connectivity index (χ1) is 7.25. The van der Waals surface area contributed by atoms with Gasteiger partial charge in [-0.05, 0) is 25.2 Å². The first-order valence-electron chi connectivity index (χ1n) is 5.55. The van der Waals surface area contributed by atoms with Crippen LogP contribution in [0.2, 0.25) is 0 Å². The standard InChI is InChI=1S/C11H17N3O/c1-9-3-2-5-14(6-4-9)10-7-11(15)13-8-12-10/h7-9H,2-6H2,1H3,(H,12,13,15). The smallest absolute Gasteiger partial charge is 0.252 e. The SMILES string of the molecule is CC1CCCN(c2cc(=O)[nH]cn2)CC1. The lowest BCUT2D eigenvalue weighted by atomic mass is 10.0. The number of aromatic amines is 1. The van der Waals surface area contributed by atoms with E-state index in [0.29, 0.717) is 0 Å². The number of aromatic nitrogens is 2. The fourth-order valence-corrected chi connectivity index (χ4v) is 2.02. The topological polar surface area (TPSA) is 49.0 Å². The van der Waals surface area contributed by atoms with E-state index in [9.17, 15) is 4.79 Å². The molecule has 0 saturated carbocycles. The zero-order valence-corrected chi connectivity index (χ0v) is 9.07. The molecule has 1 saturated heterocycles. The lowest BCUT2D eigenvalue weighted by molar-refractivity contribution is 0.521. The largest absolute Gasteiger partial charge is 0.356 e. The molecule has 0 bridgehead atoms. The summed E-state index contributed by atoms with van der Waals surface area (Å²) in [6.45, 7) is 4.31. The van der Waals surface area contributed by atoms with Crippen LogP contribution in [0.3, 0.4) is 0 Å². The van der Waals surface area contributed by atoms with Gasteiger partial charge < -0.3 is 9.88 Å². The molecule has 2 heterocycles. The zero-order chi connectivity index (χ0) is 10.7. The Labute approximate surface area is 89.3 Å². The molecule has 0 radical (unpaired) electrons. The molecule has 0 aromatic carbocycles. The summed E-state index contributed by atoms with van der Waals surface area (Å²) in [7, 11) is 0. The molecule has 1 fully saturated rings. The molecule has 1 aliphatic rings. The summed E-state index contributed by atoms with van der Waals surface area (Å²) in [6.07, 6.45) is 5.13. The second kappa shape index (κ2) is 4.47. The van der Waals surface area contributed by atoms with E-state index in [-0.39, 0.29) is 5.56 Å². The van der Waals surface area contributed by atoms with Crippen LogP contribution in [0.5, 0.6) is 0 Å². The Bertz CT molecular complexity index is 374. The van der Waals surface area contributed by atoms with Crippen molar-refractivity contribution in [3.05, 3.63) is 22.7 Å². The molecule has 1 aromatic heterocycles. The van der Waals surface area contributed by atoms with Gasteiger partial charge in [0.15, 0.2) is 0 Å². The molecular weight excluding hydrogens is 190 g/mol. The van der Waals surface area contributed by atoms with Crippen LogP contribution in [0.1, 0.15) is 26.2 Å². The summed E-state index contributed by atoms with van der Waals surface area (Å²) < 4.78 is 0. The number of nitrogens with zero attached hydrogens (tertiary/aromatic N) is 2. The Morgan fingerprint density at radius 1 is 1.47 bits per heavy atom. The third kappa shape index (κ3) is 2.58. The molecule has 4 heteroatoms. The van der Waals surface area contributed by atoms with Crippen molar-refractivity contribution in [3.8, 4) is 0 Å². The molecular formula is C11H17N3O. The number of hydrogen-bond donors (Lipinski definition) is 1. The molecule has 4 nitrogen and oxygen atoms in total. The van der Waals surface area contributed by atoms with Gasteiger partial charge in [0.25, 0.3) is 5.56 Å². The summed E-state index contributed by atoms with van der Waals surface area (Å²) in [5, 5.41) is 0. The van der Waals surface area contributed by atoms with Crippen LogP contribution in [0.25, 0.3) is 0 Å². The molecule has 1 aromatic rings. The maximum atomic E-state index is 11.2. The fraction of sp³-hybridized carbons (Fsp3) is 0.636. The predicted molar refractivity (Wildman–Crippen MR) is 60.1 cm³/mol. The van der Waals surface area contributed by atoms with E-state index in [2.05, 4.69) is 21.8 Å². The maximum absolute atomic E-state index is 11.2. The van der Waals surface area contributed by atoms with Crippen LogP contribution in [-0.4, -0.2) is 23.1 Å². The normalized spacial score (nSPS) is 22.5. The van der Waals surface area contributed by atoms with Crippen LogP contribution in [-0.2, 0) is 0 Å². The third-order valence-corrected chi connectivity index (χ3v) is 3.00. The molecule has 0 aliphatic carbocycles. The lowest BCUT2D eigenvalue weighted by Gasteiger charge is -2.20. The van der Waals surface area contributed by atoms with Gasteiger partial charge in [-0.2, -0.15) is 0 Å². The Morgan fingerprint density at radius 2 is 2.33 bits per heavy atom. The van der Waals surface area contributed by atoms with Gasteiger partial charge in [0, 0.05) is 19.2 Å². The summed E-state index contributed by atoms with van der Waals surface area (Å²) in [5.41, 5.74) is -0.0719. The minimum Gasteiger partial charge on any atom is -0.356 e. The molecule has 82 valence electrons. The van der Waals surface area contributed by atoms with Gasteiger partial charge in [-0.1, -0.05) is 6.92 Å². The fourth-order valence-electron chi connectivity index (χ4n) is 2.02. The van der Waals surface area contributed by atoms with Crippen molar-refractivity contribution in [2.75, 3.05) is 18.0 Å². The molecule has 1 N–H and O–H groups in total. The van der Waals surface area contributed by atoms with Crippen molar-refractivity contribution in [2.24, 2.45) is 5.92 Å². The Kier molecular flexibility index (Phi) is 3.04. The molecule has 15 heavy (non-hydrogen) atoms. The average molecular weight is 207 g/mol. The van der Waals surface area contributed by atoms with E-state index in [0.717, 1.165) is 24.8 Å². The van der Waals surface area contributed by atoms with E-state index in [1.807, 2.05) is 0 Å². The monoisotopic (exact) mass is 207 g/mol. The Balaban J connectivity index is 2.13. The maximum Gasteiger partial charge on any atom is 0.252 e. The van der Waals surface area contributed by atoms with Crippen molar-refractivity contribution >= 4 is 5.82 Å². The van der Waals surface area contributed by atoms with Crippen LogP contribution in [0.4, 0.5) is 5.82 Å². The number of H-pyrrole nitrogens is 1. The summed E-state index contributed by atoms with van der Waals surface area (Å²) in [6, 6.07) is 1.58. The quantitative estimate of drug-likeness (QED) is 0.757. The van der Waals surface area contributed by atoms with Gasteiger partial charge in [0.1, 0.15) is 5.82 Å². The molecule has 2 rings (SSSR count). The second-order valence-corrected chi connectivity index (χ2v) is 4.29. The van der Waals surface area contributed by atoms with Gasteiger partial charge >= 0.3 is 0 Å². The van der Waals surface area contributed by atoms with E-state index in [1.165, 1.54) is 25.6 Å². The highest BCUT2D eigenvalue weighted by molar-refractivity contribution is 5.36. The number of hydrogen-bond acceptors (Lipinski definition) is 3. The lowest BCUT2D eigenvalue weighted by Crippen LogP contribution is -2.26. The van der Waals surface area contributed by atoms with Crippen molar-refractivity contribution < 1.29 is 0 Å². The summed E-state index contributed by atoms with van der Waals surface area (Å²) in [5.74, 6) is 1.60. The van der Waals surface area contributed by atoms with Gasteiger partial charge in [-0.15, -0.1) is 0 Å². The number of rotatable bonds is 1. The van der Waals surface area contributed by atoms with Gasteiger partial charge in [-0.25, -0.2) is 4.98 Å². The van der Waals surface area contributed by atoms with E-state index in [4.69, 9.17) is 0 Å². The van der Waals surface area contributed by atoms with E-state index < -0.39 is 0 Å².